The van der Waals surface area contributed by atoms with Crippen LogP contribution in [0.15, 0.2) is 24.3 Å². The lowest BCUT2D eigenvalue weighted by molar-refractivity contribution is -0.137. The second-order valence-electron chi connectivity index (χ2n) is 4.70. The first-order valence-corrected chi connectivity index (χ1v) is 6.91. The maximum atomic E-state index is 13.0. The fraction of sp³-hybridized carbons (Fsp3) is 0.333. The Hall–Kier alpha value is -1.88. The summed E-state index contributed by atoms with van der Waals surface area (Å²) in [7, 11) is 0. The van der Waals surface area contributed by atoms with Crippen LogP contribution in [0.2, 0.25) is 5.02 Å². The van der Waals surface area contributed by atoms with Crippen LogP contribution in [0, 0.1) is 5.82 Å². The van der Waals surface area contributed by atoms with E-state index in [0.29, 0.717) is 18.4 Å². The maximum absolute atomic E-state index is 13.0. The van der Waals surface area contributed by atoms with Gasteiger partial charge in [0.15, 0.2) is 0 Å². The monoisotopic (exact) mass is 313 g/mol. The number of nitrogens with one attached hydrogen (secondary N) is 1. The van der Waals surface area contributed by atoms with E-state index < -0.39 is 11.8 Å². The predicted octanol–water partition coefficient (Wildman–Crippen LogP) is 3.25. The average Bonchev–Trinajstić information content (AvgIpc) is 2.39. The van der Waals surface area contributed by atoms with Crippen molar-refractivity contribution in [2.24, 2.45) is 0 Å². The number of carbonyl (C=O) groups excluding carboxylic acids is 1. The zero-order valence-electron chi connectivity index (χ0n) is 11.6. The summed E-state index contributed by atoms with van der Waals surface area (Å²) in [5, 5.41) is 11.2. The van der Waals surface area contributed by atoms with Crippen molar-refractivity contribution in [2.75, 3.05) is 0 Å². The number of carboxylic acid groups (broad SMARTS) is 1. The molecule has 0 heterocycles. The maximum Gasteiger partial charge on any atom is 0.303 e. The summed E-state index contributed by atoms with van der Waals surface area (Å²) in [6, 6.07) is 4.06. The van der Waals surface area contributed by atoms with E-state index >= 15 is 0 Å². The molecule has 1 aromatic rings. The van der Waals surface area contributed by atoms with E-state index in [4.69, 9.17) is 16.7 Å². The Morgan fingerprint density at radius 3 is 2.81 bits per heavy atom. The molecule has 0 spiro atoms. The number of carbonyl (C=O) groups is 2. The van der Waals surface area contributed by atoms with Gasteiger partial charge in [-0.1, -0.05) is 17.7 Å². The topological polar surface area (TPSA) is 66.4 Å². The van der Waals surface area contributed by atoms with Gasteiger partial charge in [-0.2, -0.15) is 0 Å². The molecule has 1 aromatic carbocycles. The molecule has 0 bridgehead atoms. The van der Waals surface area contributed by atoms with Gasteiger partial charge in [-0.15, -0.1) is 0 Å². The van der Waals surface area contributed by atoms with Gasteiger partial charge in [-0.25, -0.2) is 4.39 Å². The minimum absolute atomic E-state index is 0.000373. The summed E-state index contributed by atoms with van der Waals surface area (Å²) in [4.78, 5) is 22.0. The third-order valence-electron chi connectivity index (χ3n) is 2.79. The van der Waals surface area contributed by atoms with Crippen LogP contribution in [0.1, 0.15) is 31.7 Å². The number of amides is 1. The molecule has 4 nitrogen and oxygen atoms in total. The lowest BCUT2D eigenvalue weighted by Crippen LogP contribution is -2.31. The minimum atomic E-state index is -0.846. The van der Waals surface area contributed by atoms with E-state index in [9.17, 15) is 14.0 Å². The fourth-order valence-electron chi connectivity index (χ4n) is 1.71. The van der Waals surface area contributed by atoms with E-state index in [1.165, 1.54) is 30.4 Å². The lowest BCUT2D eigenvalue weighted by atomic mass is 10.1. The van der Waals surface area contributed by atoms with E-state index in [0.717, 1.165) is 0 Å². The molecule has 0 aliphatic carbocycles. The Morgan fingerprint density at radius 2 is 2.19 bits per heavy atom. The van der Waals surface area contributed by atoms with Crippen molar-refractivity contribution in [3.63, 3.8) is 0 Å². The second kappa shape index (κ2) is 8.42. The number of benzene rings is 1. The Balaban J connectivity index is 2.43. The van der Waals surface area contributed by atoms with E-state index in [-0.39, 0.29) is 23.4 Å². The van der Waals surface area contributed by atoms with Gasteiger partial charge in [0.2, 0.25) is 5.91 Å². The summed E-state index contributed by atoms with van der Waals surface area (Å²) in [6.07, 6.45) is 4.05. The summed E-state index contributed by atoms with van der Waals surface area (Å²) in [6.45, 7) is 1.81. The van der Waals surface area contributed by atoms with Gasteiger partial charge in [-0.3, -0.25) is 9.59 Å². The van der Waals surface area contributed by atoms with Gasteiger partial charge in [0.25, 0.3) is 0 Å². The Morgan fingerprint density at radius 1 is 1.48 bits per heavy atom. The first-order valence-electron chi connectivity index (χ1n) is 6.54. The Kier molecular flexibility index (Phi) is 6.88. The highest BCUT2D eigenvalue weighted by Gasteiger charge is 2.06. The number of aliphatic carboxylic acids is 1. The normalized spacial score (nSPS) is 12.3. The minimum Gasteiger partial charge on any atom is -0.481 e. The van der Waals surface area contributed by atoms with Crippen molar-refractivity contribution in [3.8, 4) is 0 Å². The zero-order valence-corrected chi connectivity index (χ0v) is 12.4. The van der Waals surface area contributed by atoms with Gasteiger partial charge in [0.1, 0.15) is 5.82 Å². The Bertz CT molecular complexity index is 546. The van der Waals surface area contributed by atoms with Gasteiger partial charge >= 0.3 is 5.97 Å². The third kappa shape index (κ3) is 6.90. The number of carboxylic acids is 1. The average molecular weight is 314 g/mol. The van der Waals surface area contributed by atoms with Gasteiger partial charge in [0.05, 0.1) is 5.02 Å². The van der Waals surface area contributed by atoms with Crippen LogP contribution in [-0.4, -0.2) is 23.0 Å². The van der Waals surface area contributed by atoms with Crippen molar-refractivity contribution in [1.82, 2.24) is 5.32 Å². The highest BCUT2D eigenvalue weighted by molar-refractivity contribution is 6.30. The SMILES string of the molecule is CC(CCCC(=O)O)NC(=O)/C=C/c1ccc(F)c(Cl)c1. The number of halogens is 2. The van der Waals surface area contributed by atoms with E-state index in [2.05, 4.69) is 5.32 Å². The smallest absolute Gasteiger partial charge is 0.303 e. The van der Waals surface area contributed by atoms with Crippen molar-refractivity contribution in [2.45, 2.75) is 32.2 Å². The van der Waals surface area contributed by atoms with Crippen LogP contribution in [0.25, 0.3) is 6.08 Å². The van der Waals surface area contributed by atoms with Gasteiger partial charge in [-0.05, 0) is 43.5 Å². The molecule has 0 fully saturated rings. The quantitative estimate of drug-likeness (QED) is 0.759. The zero-order chi connectivity index (χ0) is 15.8. The summed E-state index contributed by atoms with van der Waals surface area (Å²) in [5.74, 6) is -1.65. The summed E-state index contributed by atoms with van der Waals surface area (Å²) < 4.78 is 13.0. The number of rotatable bonds is 7. The fourth-order valence-corrected chi connectivity index (χ4v) is 1.90. The van der Waals surface area contributed by atoms with Crippen LogP contribution in [0.5, 0.6) is 0 Å². The summed E-state index contributed by atoms with van der Waals surface area (Å²) in [5.41, 5.74) is 0.620. The second-order valence-corrected chi connectivity index (χ2v) is 5.11. The molecule has 0 aliphatic rings. The molecule has 2 N–H and O–H groups in total. The molecule has 0 aliphatic heterocycles. The van der Waals surface area contributed by atoms with E-state index in [1.807, 2.05) is 6.92 Å². The molecular formula is C15H17ClFNO3. The molecule has 0 radical (unpaired) electrons. The predicted molar refractivity (Wildman–Crippen MR) is 79.5 cm³/mol. The summed E-state index contributed by atoms with van der Waals surface area (Å²) >= 11 is 5.64. The van der Waals surface area contributed by atoms with Crippen LogP contribution in [0.3, 0.4) is 0 Å². The third-order valence-corrected chi connectivity index (χ3v) is 3.08. The molecule has 0 saturated carbocycles. The van der Waals surface area contributed by atoms with Crippen LogP contribution >= 0.6 is 11.6 Å². The van der Waals surface area contributed by atoms with Crippen LogP contribution in [-0.2, 0) is 9.59 Å². The van der Waals surface area contributed by atoms with Gasteiger partial charge < -0.3 is 10.4 Å². The molecule has 6 heteroatoms. The molecule has 1 atom stereocenters. The largest absolute Gasteiger partial charge is 0.481 e. The van der Waals surface area contributed by atoms with Crippen molar-refractivity contribution < 1.29 is 19.1 Å². The molecule has 1 rings (SSSR count). The molecule has 0 saturated heterocycles. The first kappa shape index (κ1) is 17.2. The molecule has 0 aromatic heterocycles. The lowest BCUT2D eigenvalue weighted by Gasteiger charge is -2.11. The van der Waals surface area contributed by atoms with Crippen LogP contribution < -0.4 is 5.32 Å². The highest BCUT2D eigenvalue weighted by atomic mass is 35.5. The number of hydrogen-bond donors (Lipinski definition) is 2. The Labute approximate surface area is 127 Å². The van der Waals surface area contributed by atoms with Crippen molar-refractivity contribution >= 4 is 29.6 Å². The van der Waals surface area contributed by atoms with Crippen molar-refractivity contribution in [1.29, 1.82) is 0 Å². The van der Waals surface area contributed by atoms with Crippen LogP contribution in [0.4, 0.5) is 4.39 Å². The van der Waals surface area contributed by atoms with Crippen molar-refractivity contribution in [3.05, 3.63) is 40.7 Å². The number of hydrogen-bond acceptors (Lipinski definition) is 2. The molecular weight excluding hydrogens is 297 g/mol. The molecule has 21 heavy (non-hydrogen) atoms. The standard InChI is InChI=1S/C15H17ClFNO3/c1-10(3-2-4-15(20)21)18-14(19)8-6-11-5-7-13(17)12(16)9-11/h5-10H,2-4H2,1H3,(H,18,19)(H,20,21)/b8-6+. The molecule has 114 valence electrons. The highest BCUT2D eigenvalue weighted by Crippen LogP contribution is 2.16. The molecule has 1 unspecified atom stereocenters. The van der Waals surface area contributed by atoms with E-state index in [1.54, 1.807) is 0 Å². The van der Waals surface area contributed by atoms with Gasteiger partial charge in [0, 0.05) is 18.5 Å². The first-order chi connectivity index (χ1) is 9.88. The molecule has 1 amide bonds.